The second-order valence-corrected chi connectivity index (χ2v) is 12.2. The molecule has 0 spiro atoms. The Morgan fingerprint density at radius 3 is 2.20 bits per heavy atom. The lowest BCUT2D eigenvalue weighted by Crippen LogP contribution is -2.51. The van der Waals surface area contributed by atoms with Gasteiger partial charge in [0.2, 0.25) is 21.8 Å². The van der Waals surface area contributed by atoms with Crippen LogP contribution in [-0.4, -0.2) is 50.0 Å². The molecule has 1 atom stereocenters. The number of amides is 2. The van der Waals surface area contributed by atoms with Gasteiger partial charge in [0.05, 0.1) is 11.9 Å². The number of rotatable bonds is 13. The summed E-state index contributed by atoms with van der Waals surface area (Å²) < 4.78 is 40.0. The van der Waals surface area contributed by atoms with E-state index in [4.69, 9.17) is 0 Å². The molecule has 0 aliphatic heterocycles. The van der Waals surface area contributed by atoms with E-state index in [0.29, 0.717) is 17.7 Å². The number of anilines is 1. The first-order valence-electron chi connectivity index (χ1n) is 13.4. The Balaban J connectivity index is 1.87. The molecule has 0 radical (unpaired) electrons. The van der Waals surface area contributed by atoms with E-state index in [9.17, 15) is 22.4 Å². The number of hydrogen-bond donors (Lipinski definition) is 1. The summed E-state index contributed by atoms with van der Waals surface area (Å²) in [5.74, 6) is -0.967. The predicted octanol–water partition coefficient (Wildman–Crippen LogP) is 4.85. The maximum absolute atomic E-state index is 13.8. The van der Waals surface area contributed by atoms with Gasteiger partial charge < -0.3 is 10.2 Å². The van der Waals surface area contributed by atoms with Crippen molar-refractivity contribution in [1.82, 2.24) is 10.2 Å². The van der Waals surface area contributed by atoms with Crippen LogP contribution in [0.3, 0.4) is 0 Å². The highest BCUT2D eigenvalue weighted by atomic mass is 32.2. The highest BCUT2D eigenvalue weighted by Gasteiger charge is 2.31. The molecule has 0 aliphatic carbocycles. The average molecular weight is 568 g/mol. The molecule has 0 heterocycles. The van der Waals surface area contributed by atoms with Crippen LogP contribution in [0.1, 0.15) is 43.4 Å². The maximum atomic E-state index is 13.8. The van der Waals surface area contributed by atoms with E-state index in [1.807, 2.05) is 57.2 Å². The maximum Gasteiger partial charge on any atom is 0.243 e. The van der Waals surface area contributed by atoms with Crippen molar-refractivity contribution in [1.29, 1.82) is 0 Å². The number of carbonyl (C=O) groups excluding carboxylic acids is 2. The number of carbonyl (C=O) groups is 2. The molecule has 40 heavy (non-hydrogen) atoms. The summed E-state index contributed by atoms with van der Waals surface area (Å²) in [6.07, 6.45) is 1.72. The summed E-state index contributed by atoms with van der Waals surface area (Å²) in [5.41, 5.74) is 3.04. The van der Waals surface area contributed by atoms with E-state index in [1.54, 1.807) is 30.3 Å². The fourth-order valence-corrected chi connectivity index (χ4v) is 5.47. The van der Waals surface area contributed by atoms with Gasteiger partial charge in [-0.05, 0) is 68.1 Å². The van der Waals surface area contributed by atoms with Gasteiger partial charge in [0, 0.05) is 32.0 Å². The van der Waals surface area contributed by atoms with Crippen LogP contribution in [0.4, 0.5) is 10.1 Å². The fraction of sp³-hybridized carbons (Fsp3) is 0.355. The summed E-state index contributed by atoms with van der Waals surface area (Å²) in [4.78, 5) is 28.7. The Bertz CT molecular complexity index is 1380. The molecule has 0 saturated carbocycles. The first-order valence-corrected chi connectivity index (χ1v) is 15.2. The topological polar surface area (TPSA) is 86.8 Å². The second kappa shape index (κ2) is 14.1. The van der Waals surface area contributed by atoms with Crippen molar-refractivity contribution >= 4 is 27.5 Å². The number of sulfonamides is 1. The lowest BCUT2D eigenvalue weighted by atomic mass is 10.0. The molecule has 214 valence electrons. The van der Waals surface area contributed by atoms with Crippen molar-refractivity contribution in [3.63, 3.8) is 0 Å². The highest BCUT2D eigenvalue weighted by Crippen LogP contribution is 2.21. The molecule has 0 saturated heterocycles. The predicted molar refractivity (Wildman–Crippen MR) is 157 cm³/mol. The average Bonchev–Trinajstić information content (AvgIpc) is 2.89. The minimum atomic E-state index is -3.58. The van der Waals surface area contributed by atoms with Crippen LogP contribution in [0, 0.1) is 12.7 Å². The number of halogens is 1. The molecule has 3 aromatic carbocycles. The Hall–Kier alpha value is -3.72. The summed E-state index contributed by atoms with van der Waals surface area (Å²) in [6.45, 7) is 5.81. The van der Waals surface area contributed by atoms with Gasteiger partial charge in [-0.15, -0.1) is 0 Å². The molecule has 1 N–H and O–H groups in total. The standard InChI is InChI=1S/C31H38FN3O4S/c1-23(2)33-31(37)29(21-25-11-6-5-7-12-25)34(22-26-15-17-27(32)18-16-26)30(36)14-9-19-35(40(4,38)39)28-13-8-10-24(3)20-28/h5-8,10-13,15-18,20,23,29H,9,14,19,21-22H2,1-4H3,(H,33,37). The number of aryl methyl sites for hydroxylation is 1. The van der Waals surface area contributed by atoms with E-state index in [0.717, 1.165) is 17.4 Å². The van der Waals surface area contributed by atoms with Crippen molar-refractivity contribution in [3.8, 4) is 0 Å². The third-order valence-corrected chi connectivity index (χ3v) is 7.60. The highest BCUT2D eigenvalue weighted by molar-refractivity contribution is 7.92. The SMILES string of the molecule is Cc1cccc(N(CCCC(=O)N(Cc2ccc(F)cc2)C(Cc2ccccc2)C(=O)NC(C)C)S(C)(=O)=O)c1. The van der Waals surface area contributed by atoms with Crippen LogP contribution in [-0.2, 0) is 32.6 Å². The molecule has 0 aromatic heterocycles. The number of benzene rings is 3. The quantitative estimate of drug-likeness (QED) is 0.320. The first kappa shape index (κ1) is 30.8. The lowest BCUT2D eigenvalue weighted by molar-refractivity contribution is -0.141. The van der Waals surface area contributed by atoms with Crippen LogP contribution in [0.25, 0.3) is 0 Å². The van der Waals surface area contributed by atoms with Gasteiger partial charge in [-0.3, -0.25) is 13.9 Å². The Morgan fingerprint density at radius 2 is 1.60 bits per heavy atom. The summed E-state index contributed by atoms with van der Waals surface area (Å²) in [7, 11) is -3.58. The molecule has 3 rings (SSSR count). The molecule has 2 amide bonds. The monoisotopic (exact) mass is 567 g/mol. The minimum absolute atomic E-state index is 0.0271. The van der Waals surface area contributed by atoms with Crippen LogP contribution in [0.5, 0.6) is 0 Å². The molecule has 9 heteroatoms. The fourth-order valence-electron chi connectivity index (χ4n) is 4.51. The molecule has 0 bridgehead atoms. The summed E-state index contributed by atoms with van der Waals surface area (Å²) in [5, 5.41) is 2.93. The molecular weight excluding hydrogens is 529 g/mol. The van der Waals surface area contributed by atoms with E-state index in [-0.39, 0.29) is 43.8 Å². The van der Waals surface area contributed by atoms with Crippen LogP contribution in [0.2, 0.25) is 0 Å². The summed E-state index contributed by atoms with van der Waals surface area (Å²) in [6, 6.07) is 21.5. The van der Waals surface area contributed by atoms with Gasteiger partial charge >= 0.3 is 0 Å². The van der Waals surface area contributed by atoms with Gasteiger partial charge in [-0.2, -0.15) is 0 Å². The zero-order valence-corrected chi connectivity index (χ0v) is 24.3. The molecule has 7 nitrogen and oxygen atoms in total. The third kappa shape index (κ3) is 9.19. The molecule has 0 aliphatic rings. The third-order valence-electron chi connectivity index (χ3n) is 6.41. The van der Waals surface area contributed by atoms with Crippen molar-refractivity contribution in [2.24, 2.45) is 0 Å². The zero-order valence-electron chi connectivity index (χ0n) is 23.5. The normalized spacial score (nSPS) is 12.2. The Kier molecular flexibility index (Phi) is 10.8. The molecule has 1 unspecified atom stereocenters. The van der Waals surface area contributed by atoms with E-state index in [1.165, 1.54) is 21.3 Å². The smallest absolute Gasteiger partial charge is 0.243 e. The van der Waals surface area contributed by atoms with Crippen molar-refractivity contribution in [2.45, 2.75) is 58.7 Å². The van der Waals surface area contributed by atoms with Crippen LogP contribution < -0.4 is 9.62 Å². The number of nitrogens with zero attached hydrogens (tertiary/aromatic N) is 2. The number of hydrogen-bond acceptors (Lipinski definition) is 4. The Labute approximate surface area is 237 Å². The molecule has 0 fully saturated rings. The van der Waals surface area contributed by atoms with Crippen LogP contribution in [0.15, 0.2) is 78.9 Å². The van der Waals surface area contributed by atoms with Gasteiger partial charge in [-0.1, -0.05) is 54.6 Å². The van der Waals surface area contributed by atoms with Gasteiger partial charge in [0.25, 0.3) is 0 Å². The lowest BCUT2D eigenvalue weighted by Gasteiger charge is -2.32. The molecule has 3 aromatic rings. The van der Waals surface area contributed by atoms with Crippen molar-refractivity contribution in [2.75, 3.05) is 17.1 Å². The molecular formula is C31H38FN3O4S. The number of nitrogens with one attached hydrogen (secondary N) is 1. The van der Waals surface area contributed by atoms with E-state index >= 15 is 0 Å². The largest absolute Gasteiger partial charge is 0.352 e. The van der Waals surface area contributed by atoms with Gasteiger partial charge in [0.15, 0.2) is 0 Å². The van der Waals surface area contributed by atoms with Crippen LogP contribution >= 0.6 is 0 Å². The van der Waals surface area contributed by atoms with Crippen molar-refractivity contribution in [3.05, 3.63) is 101 Å². The zero-order chi connectivity index (χ0) is 29.3. The van der Waals surface area contributed by atoms with Gasteiger partial charge in [-0.25, -0.2) is 12.8 Å². The second-order valence-electron chi connectivity index (χ2n) is 10.3. The van der Waals surface area contributed by atoms with E-state index < -0.39 is 21.9 Å². The van der Waals surface area contributed by atoms with Crippen molar-refractivity contribution < 1.29 is 22.4 Å². The Morgan fingerprint density at radius 1 is 0.925 bits per heavy atom. The van der Waals surface area contributed by atoms with E-state index in [2.05, 4.69) is 5.32 Å². The minimum Gasteiger partial charge on any atom is -0.352 e. The van der Waals surface area contributed by atoms with Gasteiger partial charge in [0.1, 0.15) is 11.9 Å². The first-order chi connectivity index (χ1) is 18.9. The summed E-state index contributed by atoms with van der Waals surface area (Å²) >= 11 is 0.